The Kier molecular flexibility index (Phi) is 4.99. The molecule has 29 heavy (non-hydrogen) atoms. The molecule has 3 nitrogen and oxygen atoms in total. The smallest absolute Gasteiger partial charge is 0.0594 e. The fourth-order valence-corrected chi connectivity index (χ4v) is 6.13. The first-order valence-corrected chi connectivity index (χ1v) is 11.5. The summed E-state index contributed by atoms with van der Waals surface area (Å²) in [5, 5.41) is 1.37. The standard InChI is InChI=1S/C25H30N2OS/c1-25(2,27-10-12-28-13-11-27)20-8-9-21-19(14-20)16-26(3)17-22(21)24-15-18-6-4-5-7-23(18)29-24/h4-9,14-15,22H,10-13,16-17H2,1-3H3. The number of morpholine rings is 1. The van der Waals surface area contributed by atoms with Crippen molar-refractivity contribution in [1.82, 2.24) is 9.80 Å². The van der Waals surface area contributed by atoms with E-state index in [0.29, 0.717) is 5.92 Å². The topological polar surface area (TPSA) is 15.7 Å². The van der Waals surface area contributed by atoms with Gasteiger partial charge in [0.1, 0.15) is 0 Å². The molecule has 2 aliphatic rings. The second-order valence-electron chi connectivity index (χ2n) is 9.01. The zero-order valence-electron chi connectivity index (χ0n) is 17.6. The first kappa shape index (κ1) is 19.3. The Bertz CT molecular complexity index is 986. The lowest BCUT2D eigenvalue weighted by Crippen LogP contribution is -2.48. The molecular formula is C25H30N2OS. The lowest BCUT2D eigenvalue weighted by Gasteiger charge is -2.42. The van der Waals surface area contributed by atoms with Gasteiger partial charge in [-0.1, -0.05) is 36.4 Å². The number of hydrogen-bond donors (Lipinski definition) is 0. The zero-order chi connectivity index (χ0) is 20.0. The van der Waals surface area contributed by atoms with Crippen LogP contribution >= 0.6 is 11.3 Å². The highest BCUT2D eigenvalue weighted by Crippen LogP contribution is 2.40. The van der Waals surface area contributed by atoms with Crippen LogP contribution in [0.25, 0.3) is 10.1 Å². The number of ether oxygens (including phenoxy) is 1. The molecule has 2 aromatic carbocycles. The Morgan fingerprint density at radius 2 is 1.83 bits per heavy atom. The molecule has 0 radical (unpaired) electrons. The molecule has 1 fully saturated rings. The maximum Gasteiger partial charge on any atom is 0.0594 e. The van der Waals surface area contributed by atoms with Crippen LogP contribution in [0.5, 0.6) is 0 Å². The molecule has 0 aliphatic carbocycles. The van der Waals surface area contributed by atoms with Crippen LogP contribution < -0.4 is 0 Å². The summed E-state index contributed by atoms with van der Waals surface area (Å²) in [6.45, 7) is 10.5. The van der Waals surface area contributed by atoms with Crippen LogP contribution in [0.2, 0.25) is 0 Å². The van der Waals surface area contributed by atoms with Crippen LogP contribution in [0.15, 0.2) is 48.5 Å². The summed E-state index contributed by atoms with van der Waals surface area (Å²) in [6.07, 6.45) is 0. The lowest BCUT2D eigenvalue weighted by molar-refractivity contribution is -0.0118. The first-order valence-electron chi connectivity index (χ1n) is 10.7. The number of nitrogens with zero attached hydrogens (tertiary/aromatic N) is 2. The van der Waals surface area contributed by atoms with E-state index in [1.807, 2.05) is 11.3 Å². The Hall–Kier alpha value is -1.72. The maximum absolute atomic E-state index is 5.58. The molecule has 0 spiro atoms. The molecule has 1 atom stereocenters. The van der Waals surface area contributed by atoms with Crippen LogP contribution in [0, 0.1) is 0 Å². The third-order valence-electron chi connectivity index (χ3n) is 6.75. The molecule has 3 heterocycles. The van der Waals surface area contributed by atoms with Crippen molar-refractivity contribution in [3.8, 4) is 0 Å². The molecule has 0 saturated carbocycles. The van der Waals surface area contributed by atoms with Crippen LogP contribution in [0.4, 0.5) is 0 Å². The SMILES string of the molecule is CN1Cc2cc(C(C)(C)N3CCOCC3)ccc2C(c2cc3ccccc3s2)C1. The first-order chi connectivity index (χ1) is 14.0. The number of fused-ring (bicyclic) bond motifs is 2. The van der Waals surface area contributed by atoms with Crippen LogP contribution in [-0.4, -0.2) is 49.7 Å². The van der Waals surface area contributed by atoms with E-state index < -0.39 is 0 Å². The van der Waals surface area contributed by atoms with Gasteiger partial charge in [0.2, 0.25) is 0 Å². The summed E-state index contributed by atoms with van der Waals surface area (Å²) < 4.78 is 6.97. The number of hydrogen-bond acceptors (Lipinski definition) is 4. The molecule has 1 aromatic heterocycles. The number of rotatable bonds is 3. The number of thiophene rings is 1. The molecule has 3 aromatic rings. The molecule has 1 saturated heterocycles. The van der Waals surface area contributed by atoms with Crippen molar-refractivity contribution < 1.29 is 4.74 Å². The molecule has 4 heteroatoms. The number of benzene rings is 2. The summed E-state index contributed by atoms with van der Waals surface area (Å²) in [5.41, 5.74) is 4.45. The monoisotopic (exact) mass is 406 g/mol. The van der Waals surface area contributed by atoms with E-state index in [9.17, 15) is 0 Å². The van der Waals surface area contributed by atoms with Gasteiger partial charge in [0.05, 0.1) is 13.2 Å². The average molecular weight is 407 g/mol. The van der Waals surface area contributed by atoms with Crippen LogP contribution in [0.1, 0.15) is 41.3 Å². The third-order valence-corrected chi connectivity index (χ3v) is 7.98. The van der Waals surface area contributed by atoms with Crippen molar-refractivity contribution in [1.29, 1.82) is 0 Å². The minimum Gasteiger partial charge on any atom is -0.379 e. The van der Waals surface area contributed by atoms with Gasteiger partial charge < -0.3 is 9.64 Å². The van der Waals surface area contributed by atoms with Crippen LogP contribution in [-0.2, 0) is 16.8 Å². The summed E-state index contributed by atoms with van der Waals surface area (Å²) in [5.74, 6) is 0.460. The van der Waals surface area contributed by atoms with Gasteiger partial charge in [-0.25, -0.2) is 0 Å². The minimum atomic E-state index is 0.0297. The maximum atomic E-state index is 5.58. The summed E-state index contributed by atoms with van der Waals surface area (Å²) in [7, 11) is 2.25. The van der Waals surface area contributed by atoms with Gasteiger partial charge in [-0.2, -0.15) is 0 Å². The van der Waals surface area contributed by atoms with Crippen molar-refractivity contribution in [2.75, 3.05) is 39.9 Å². The molecule has 0 bridgehead atoms. The quantitative estimate of drug-likeness (QED) is 0.606. The van der Waals surface area contributed by atoms with Crippen molar-refractivity contribution >= 4 is 21.4 Å². The average Bonchev–Trinajstić information content (AvgIpc) is 3.17. The Morgan fingerprint density at radius 3 is 2.62 bits per heavy atom. The third kappa shape index (κ3) is 3.53. The highest BCUT2D eigenvalue weighted by molar-refractivity contribution is 7.19. The Morgan fingerprint density at radius 1 is 1.03 bits per heavy atom. The Labute approximate surface area is 177 Å². The highest BCUT2D eigenvalue weighted by Gasteiger charge is 2.32. The van der Waals surface area contributed by atoms with E-state index >= 15 is 0 Å². The molecule has 5 rings (SSSR count). The fraction of sp³-hybridized carbons (Fsp3) is 0.440. The second-order valence-corrected chi connectivity index (χ2v) is 10.1. The van der Waals surface area contributed by atoms with E-state index in [0.717, 1.165) is 39.4 Å². The molecule has 1 unspecified atom stereocenters. The van der Waals surface area contributed by atoms with Gasteiger partial charge in [-0.15, -0.1) is 11.3 Å². The summed E-state index contributed by atoms with van der Waals surface area (Å²) in [4.78, 5) is 6.52. The zero-order valence-corrected chi connectivity index (χ0v) is 18.5. The van der Waals surface area contributed by atoms with E-state index in [4.69, 9.17) is 4.74 Å². The van der Waals surface area contributed by atoms with Crippen molar-refractivity contribution in [2.45, 2.75) is 31.8 Å². The van der Waals surface area contributed by atoms with E-state index in [-0.39, 0.29) is 5.54 Å². The molecular weight excluding hydrogens is 376 g/mol. The number of likely N-dealkylation sites (N-methyl/N-ethyl adjacent to an activating group) is 1. The van der Waals surface area contributed by atoms with Crippen molar-refractivity contribution in [3.05, 3.63) is 70.1 Å². The fourth-order valence-electron chi connectivity index (χ4n) is 4.95. The van der Waals surface area contributed by atoms with Crippen molar-refractivity contribution in [3.63, 3.8) is 0 Å². The molecule has 2 aliphatic heterocycles. The van der Waals surface area contributed by atoms with Gasteiger partial charge in [-0.05, 0) is 55.1 Å². The van der Waals surface area contributed by atoms with E-state index in [1.165, 1.54) is 31.7 Å². The predicted octanol–water partition coefficient (Wildman–Crippen LogP) is 5.05. The normalized spacial score (nSPS) is 21.4. The van der Waals surface area contributed by atoms with Crippen LogP contribution in [0.3, 0.4) is 0 Å². The van der Waals surface area contributed by atoms with Crippen molar-refractivity contribution in [2.24, 2.45) is 0 Å². The van der Waals surface area contributed by atoms with Gasteiger partial charge in [0.15, 0.2) is 0 Å². The predicted molar refractivity (Wildman–Crippen MR) is 122 cm³/mol. The summed E-state index contributed by atoms with van der Waals surface area (Å²) in [6, 6.07) is 18.4. The molecule has 152 valence electrons. The van der Waals surface area contributed by atoms with Gasteiger partial charge in [-0.3, -0.25) is 4.90 Å². The van der Waals surface area contributed by atoms with Gasteiger partial charge >= 0.3 is 0 Å². The largest absolute Gasteiger partial charge is 0.379 e. The van der Waals surface area contributed by atoms with E-state index in [1.54, 1.807) is 0 Å². The van der Waals surface area contributed by atoms with Gasteiger partial charge in [0, 0.05) is 47.2 Å². The van der Waals surface area contributed by atoms with Gasteiger partial charge in [0.25, 0.3) is 0 Å². The second kappa shape index (κ2) is 7.51. The van der Waals surface area contributed by atoms with E-state index in [2.05, 4.69) is 79.2 Å². The summed E-state index contributed by atoms with van der Waals surface area (Å²) >= 11 is 1.95. The lowest BCUT2D eigenvalue weighted by atomic mass is 9.83. The minimum absolute atomic E-state index is 0.0297. The molecule has 0 N–H and O–H groups in total. The molecule has 0 amide bonds. The Balaban J connectivity index is 1.51. The highest BCUT2D eigenvalue weighted by atomic mass is 32.1.